The van der Waals surface area contributed by atoms with Gasteiger partial charge in [-0.15, -0.1) is 0 Å². The van der Waals surface area contributed by atoms with Crippen molar-refractivity contribution in [2.75, 3.05) is 33.3 Å². The molecule has 0 radical (unpaired) electrons. The van der Waals surface area contributed by atoms with Crippen molar-refractivity contribution in [3.8, 4) is 5.75 Å². The highest BCUT2D eigenvalue weighted by Gasteiger charge is 2.25. The first-order valence-corrected chi connectivity index (χ1v) is 9.42. The van der Waals surface area contributed by atoms with Gasteiger partial charge in [-0.1, -0.05) is 12.1 Å². The van der Waals surface area contributed by atoms with E-state index >= 15 is 0 Å². The average Bonchev–Trinajstić information content (AvgIpc) is 2.77. The summed E-state index contributed by atoms with van der Waals surface area (Å²) in [6.07, 6.45) is 1.08. The van der Waals surface area contributed by atoms with Crippen molar-refractivity contribution in [3.63, 3.8) is 0 Å². The lowest BCUT2D eigenvalue weighted by atomic mass is 10.1. The Balaban J connectivity index is 1.48. The van der Waals surface area contributed by atoms with Crippen molar-refractivity contribution >= 4 is 17.5 Å². The molecule has 2 aromatic rings. The predicted molar refractivity (Wildman–Crippen MR) is 107 cm³/mol. The summed E-state index contributed by atoms with van der Waals surface area (Å²) in [5.41, 5.74) is 1.44. The smallest absolute Gasteiger partial charge is 0.269 e. The Morgan fingerprint density at radius 3 is 2.10 bits per heavy atom. The zero-order chi connectivity index (χ0) is 20.8. The number of hydrogen-bond acceptors (Lipinski definition) is 5. The number of carbonyl (C=O) groups excluding carboxylic acids is 2. The molecule has 1 heterocycles. The number of methoxy groups -OCH3 is 1. The van der Waals surface area contributed by atoms with Crippen LogP contribution in [0.5, 0.6) is 5.75 Å². The number of aryl methyl sites for hydroxylation is 1. The van der Waals surface area contributed by atoms with E-state index in [-0.39, 0.29) is 17.5 Å². The number of amides is 2. The highest BCUT2D eigenvalue weighted by molar-refractivity contribution is 5.94. The monoisotopic (exact) mass is 397 g/mol. The molecule has 3 rings (SSSR count). The molecule has 2 aromatic carbocycles. The van der Waals surface area contributed by atoms with E-state index < -0.39 is 4.92 Å². The second kappa shape index (κ2) is 9.18. The number of carbonyl (C=O) groups is 2. The molecular weight excluding hydrogens is 374 g/mol. The van der Waals surface area contributed by atoms with Crippen LogP contribution in [0.4, 0.5) is 5.69 Å². The second-order valence-corrected chi connectivity index (χ2v) is 6.83. The molecule has 29 heavy (non-hydrogen) atoms. The van der Waals surface area contributed by atoms with Gasteiger partial charge in [0.25, 0.3) is 11.6 Å². The van der Waals surface area contributed by atoms with Crippen LogP contribution in [0.25, 0.3) is 0 Å². The van der Waals surface area contributed by atoms with E-state index in [1.165, 1.54) is 24.3 Å². The van der Waals surface area contributed by atoms with E-state index in [0.717, 1.165) is 11.3 Å². The zero-order valence-corrected chi connectivity index (χ0v) is 16.2. The molecule has 152 valence electrons. The van der Waals surface area contributed by atoms with Crippen LogP contribution in [0, 0.1) is 10.1 Å². The summed E-state index contributed by atoms with van der Waals surface area (Å²) in [4.78, 5) is 38.7. The third-order valence-corrected chi connectivity index (χ3v) is 5.03. The van der Waals surface area contributed by atoms with Gasteiger partial charge in [0.05, 0.1) is 12.0 Å². The maximum Gasteiger partial charge on any atom is 0.269 e. The number of ether oxygens (including phenoxy) is 1. The van der Waals surface area contributed by atoms with Crippen LogP contribution < -0.4 is 4.74 Å². The topological polar surface area (TPSA) is 93.0 Å². The zero-order valence-electron chi connectivity index (χ0n) is 16.2. The van der Waals surface area contributed by atoms with Gasteiger partial charge in [0.2, 0.25) is 5.91 Å². The van der Waals surface area contributed by atoms with E-state index in [1.807, 2.05) is 24.3 Å². The van der Waals surface area contributed by atoms with Crippen LogP contribution in [0.1, 0.15) is 22.3 Å². The molecule has 1 fully saturated rings. The third-order valence-electron chi connectivity index (χ3n) is 5.03. The van der Waals surface area contributed by atoms with Crippen molar-refractivity contribution in [1.82, 2.24) is 9.80 Å². The molecule has 1 aliphatic heterocycles. The van der Waals surface area contributed by atoms with Gasteiger partial charge in [-0.2, -0.15) is 0 Å². The van der Waals surface area contributed by atoms with Gasteiger partial charge in [0.1, 0.15) is 5.75 Å². The van der Waals surface area contributed by atoms with Crippen molar-refractivity contribution in [3.05, 3.63) is 69.8 Å². The van der Waals surface area contributed by atoms with Crippen LogP contribution in [0.15, 0.2) is 48.5 Å². The van der Waals surface area contributed by atoms with Crippen molar-refractivity contribution in [1.29, 1.82) is 0 Å². The maximum absolute atomic E-state index is 12.6. The number of non-ortho nitro benzene ring substituents is 1. The number of rotatable bonds is 6. The summed E-state index contributed by atoms with van der Waals surface area (Å²) in [7, 11) is 1.62. The van der Waals surface area contributed by atoms with Crippen molar-refractivity contribution in [2.24, 2.45) is 0 Å². The number of piperazine rings is 1. The first-order valence-electron chi connectivity index (χ1n) is 9.42. The summed E-state index contributed by atoms with van der Waals surface area (Å²) in [5.74, 6) is 0.683. The molecule has 0 N–H and O–H groups in total. The molecule has 8 heteroatoms. The minimum atomic E-state index is -0.495. The normalized spacial score (nSPS) is 13.8. The third kappa shape index (κ3) is 5.10. The fraction of sp³-hybridized carbons (Fsp3) is 0.333. The summed E-state index contributed by atoms with van der Waals surface area (Å²) in [6.45, 7) is 1.87. The molecule has 2 amide bonds. The molecule has 0 aliphatic carbocycles. The molecule has 0 spiro atoms. The largest absolute Gasteiger partial charge is 0.497 e. The molecule has 0 bridgehead atoms. The van der Waals surface area contributed by atoms with Gasteiger partial charge in [0.15, 0.2) is 0 Å². The highest BCUT2D eigenvalue weighted by atomic mass is 16.6. The Kier molecular flexibility index (Phi) is 6.43. The SMILES string of the molecule is COc1ccc(CCC(=O)N2CCN(C(=O)c3ccc([N+](=O)[O-])cc3)CC2)cc1. The minimum absolute atomic E-state index is 0.0474. The summed E-state index contributed by atoms with van der Waals surface area (Å²) >= 11 is 0. The molecule has 0 atom stereocenters. The van der Waals surface area contributed by atoms with E-state index in [0.29, 0.717) is 44.6 Å². The molecular formula is C21H23N3O5. The van der Waals surface area contributed by atoms with Gasteiger partial charge in [-0.05, 0) is 36.2 Å². The van der Waals surface area contributed by atoms with Gasteiger partial charge in [-0.3, -0.25) is 19.7 Å². The Bertz CT molecular complexity index is 872. The van der Waals surface area contributed by atoms with E-state index in [1.54, 1.807) is 16.9 Å². The molecule has 0 unspecified atom stereocenters. The highest BCUT2D eigenvalue weighted by Crippen LogP contribution is 2.16. The van der Waals surface area contributed by atoms with Gasteiger partial charge >= 0.3 is 0 Å². The van der Waals surface area contributed by atoms with Gasteiger partial charge in [-0.25, -0.2) is 0 Å². The molecule has 0 saturated carbocycles. The Morgan fingerprint density at radius 2 is 1.55 bits per heavy atom. The predicted octanol–water partition coefficient (Wildman–Crippen LogP) is 2.52. The van der Waals surface area contributed by atoms with E-state index in [9.17, 15) is 19.7 Å². The van der Waals surface area contributed by atoms with Crippen LogP contribution in [0.2, 0.25) is 0 Å². The number of nitrogens with zero attached hydrogens (tertiary/aromatic N) is 3. The molecule has 1 aliphatic rings. The summed E-state index contributed by atoms with van der Waals surface area (Å²) in [5, 5.41) is 10.7. The first kappa shape index (κ1) is 20.3. The van der Waals surface area contributed by atoms with Crippen LogP contribution in [0.3, 0.4) is 0 Å². The number of nitro groups is 1. The summed E-state index contributed by atoms with van der Waals surface area (Å²) in [6, 6.07) is 13.2. The number of nitro benzene ring substituents is 1. The lowest BCUT2D eigenvalue weighted by Crippen LogP contribution is -2.50. The van der Waals surface area contributed by atoms with Crippen LogP contribution >= 0.6 is 0 Å². The van der Waals surface area contributed by atoms with E-state index in [2.05, 4.69) is 0 Å². The van der Waals surface area contributed by atoms with Crippen molar-refractivity contribution in [2.45, 2.75) is 12.8 Å². The maximum atomic E-state index is 12.6. The van der Waals surface area contributed by atoms with Crippen LogP contribution in [-0.2, 0) is 11.2 Å². The number of hydrogen-bond donors (Lipinski definition) is 0. The summed E-state index contributed by atoms with van der Waals surface area (Å²) < 4.78 is 5.13. The quantitative estimate of drug-likeness (QED) is 0.552. The van der Waals surface area contributed by atoms with Crippen molar-refractivity contribution < 1.29 is 19.2 Å². The van der Waals surface area contributed by atoms with Gasteiger partial charge in [0, 0.05) is 50.3 Å². The second-order valence-electron chi connectivity index (χ2n) is 6.83. The number of benzene rings is 2. The fourth-order valence-electron chi connectivity index (χ4n) is 3.27. The van der Waals surface area contributed by atoms with Gasteiger partial charge < -0.3 is 14.5 Å². The lowest BCUT2D eigenvalue weighted by Gasteiger charge is -2.35. The van der Waals surface area contributed by atoms with Crippen LogP contribution in [-0.4, -0.2) is 59.8 Å². The molecule has 8 nitrogen and oxygen atoms in total. The first-order chi connectivity index (χ1) is 14.0. The fourth-order valence-corrected chi connectivity index (χ4v) is 3.27. The Morgan fingerprint density at radius 1 is 0.966 bits per heavy atom. The lowest BCUT2D eigenvalue weighted by molar-refractivity contribution is -0.384. The minimum Gasteiger partial charge on any atom is -0.497 e. The average molecular weight is 397 g/mol. The Hall–Kier alpha value is -3.42. The standard InChI is InChI=1S/C21H23N3O5/c1-29-19-9-2-16(3-10-19)4-11-20(25)22-12-14-23(15-13-22)21(26)17-5-7-18(8-6-17)24(27)28/h2-3,5-10H,4,11-15H2,1H3. The Labute approximate surface area is 168 Å². The molecule has 0 aromatic heterocycles. The van der Waals surface area contributed by atoms with E-state index in [4.69, 9.17) is 4.74 Å². The molecule has 1 saturated heterocycles.